The first-order chi connectivity index (χ1) is 9.04. The number of carbonyl (C=O) groups excluding carboxylic acids is 2. The Kier molecular flexibility index (Phi) is 4.16. The number of hydrogen-bond acceptors (Lipinski definition) is 2. The lowest BCUT2D eigenvalue weighted by Gasteiger charge is -2.22. The van der Waals surface area contributed by atoms with Gasteiger partial charge in [0.1, 0.15) is 0 Å². The van der Waals surface area contributed by atoms with Gasteiger partial charge < -0.3 is 15.5 Å². The fourth-order valence-electron chi connectivity index (χ4n) is 2.16. The van der Waals surface area contributed by atoms with Gasteiger partial charge in [0.05, 0.1) is 13.1 Å². The summed E-state index contributed by atoms with van der Waals surface area (Å²) in [5, 5.41) is 5.64. The number of quaternary nitrogens is 1. The van der Waals surface area contributed by atoms with Gasteiger partial charge in [0.15, 0.2) is 13.1 Å². The van der Waals surface area contributed by atoms with Gasteiger partial charge in [-0.1, -0.05) is 6.07 Å². The number of amides is 2. The van der Waals surface area contributed by atoms with Crippen molar-refractivity contribution in [2.45, 2.75) is 13.8 Å². The van der Waals surface area contributed by atoms with Crippen molar-refractivity contribution in [3.8, 4) is 0 Å². The lowest BCUT2D eigenvalue weighted by atomic mass is 10.1. The predicted molar refractivity (Wildman–Crippen MR) is 73.1 cm³/mol. The van der Waals surface area contributed by atoms with Crippen LogP contribution >= 0.6 is 0 Å². The second-order valence-corrected chi connectivity index (χ2v) is 5.05. The fourth-order valence-corrected chi connectivity index (χ4v) is 2.16. The van der Waals surface area contributed by atoms with Gasteiger partial charge in [-0.15, -0.1) is 0 Å². The summed E-state index contributed by atoms with van der Waals surface area (Å²) in [6, 6.07) is 5.86. The lowest BCUT2D eigenvalue weighted by molar-refractivity contribution is -0.885. The Morgan fingerprint density at radius 2 is 2.16 bits per heavy atom. The van der Waals surface area contributed by atoms with E-state index in [-0.39, 0.29) is 11.8 Å². The molecule has 5 heteroatoms. The van der Waals surface area contributed by atoms with Gasteiger partial charge in [0.25, 0.3) is 11.8 Å². The largest absolute Gasteiger partial charge is 0.346 e. The molecule has 19 heavy (non-hydrogen) atoms. The van der Waals surface area contributed by atoms with Crippen molar-refractivity contribution in [3.63, 3.8) is 0 Å². The molecule has 2 rings (SSSR count). The zero-order valence-corrected chi connectivity index (χ0v) is 11.4. The zero-order chi connectivity index (χ0) is 13.8. The van der Waals surface area contributed by atoms with Gasteiger partial charge in [-0.3, -0.25) is 9.59 Å². The van der Waals surface area contributed by atoms with E-state index in [1.807, 2.05) is 32.0 Å². The Morgan fingerprint density at radius 3 is 2.84 bits per heavy atom. The minimum Gasteiger partial charge on any atom is -0.346 e. The Hall–Kier alpha value is -1.88. The highest BCUT2D eigenvalue weighted by Crippen LogP contribution is 2.13. The Balaban J connectivity index is 1.90. The van der Waals surface area contributed by atoms with Gasteiger partial charge in [-0.25, -0.2) is 0 Å². The molecule has 0 bridgehead atoms. The first-order valence-electron chi connectivity index (χ1n) is 6.52. The summed E-state index contributed by atoms with van der Waals surface area (Å²) in [6.45, 7) is 6.21. The number of benzene rings is 1. The third-order valence-electron chi connectivity index (χ3n) is 3.41. The average molecular weight is 262 g/mol. The topological polar surface area (TPSA) is 62.6 Å². The van der Waals surface area contributed by atoms with E-state index >= 15 is 0 Å². The molecule has 1 aromatic carbocycles. The number of aryl methyl sites for hydroxylation is 2. The van der Waals surface area contributed by atoms with Crippen LogP contribution < -0.4 is 15.5 Å². The van der Waals surface area contributed by atoms with E-state index in [0.717, 1.165) is 22.7 Å². The van der Waals surface area contributed by atoms with Gasteiger partial charge in [0, 0.05) is 5.69 Å². The maximum Gasteiger partial charge on any atom is 0.279 e. The highest BCUT2D eigenvalue weighted by atomic mass is 16.2. The highest BCUT2D eigenvalue weighted by Gasteiger charge is 2.22. The summed E-state index contributed by atoms with van der Waals surface area (Å²) in [7, 11) is 0. The Bertz CT molecular complexity index is 499. The van der Waals surface area contributed by atoms with Crippen LogP contribution in [0.5, 0.6) is 0 Å². The molecule has 3 N–H and O–H groups in total. The molecule has 1 unspecified atom stereocenters. The first kappa shape index (κ1) is 13.5. The van der Waals surface area contributed by atoms with E-state index in [9.17, 15) is 9.59 Å². The smallest absolute Gasteiger partial charge is 0.279 e. The second-order valence-electron chi connectivity index (χ2n) is 5.05. The molecule has 1 fully saturated rings. The Morgan fingerprint density at radius 1 is 1.37 bits per heavy atom. The van der Waals surface area contributed by atoms with E-state index < -0.39 is 0 Å². The molecule has 0 saturated carbocycles. The van der Waals surface area contributed by atoms with E-state index in [1.54, 1.807) is 0 Å². The van der Waals surface area contributed by atoms with Crippen LogP contribution in [0.25, 0.3) is 0 Å². The predicted octanol–water partition coefficient (Wildman–Crippen LogP) is -0.743. The number of carbonyl (C=O) groups is 2. The molecule has 0 aromatic heterocycles. The molecule has 1 atom stereocenters. The standard InChI is InChI=1S/C14H19N3O2/c1-10-3-4-12(7-11(10)2)16-14(19)9-17-6-5-15-13(18)8-17/h3-4,7H,5-6,8-9H2,1-2H3,(H,15,18)(H,16,19)/p+1. The van der Waals surface area contributed by atoms with Crippen molar-refractivity contribution in [2.24, 2.45) is 0 Å². The number of rotatable bonds is 3. The molecule has 0 aliphatic carbocycles. The number of hydrogen-bond donors (Lipinski definition) is 3. The van der Waals surface area contributed by atoms with E-state index in [2.05, 4.69) is 10.6 Å². The molecular weight excluding hydrogens is 242 g/mol. The van der Waals surface area contributed by atoms with Crippen LogP contribution in [0.2, 0.25) is 0 Å². The van der Waals surface area contributed by atoms with Crippen molar-refractivity contribution < 1.29 is 14.5 Å². The van der Waals surface area contributed by atoms with Crippen LogP contribution in [0.15, 0.2) is 18.2 Å². The van der Waals surface area contributed by atoms with Crippen LogP contribution in [-0.4, -0.2) is 38.0 Å². The van der Waals surface area contributed by atoms with E-state index in [1.165, 1.54) is 5.56 Å². The molecule has 1 saturated heterocycles. The van der Waals surface area contributed by atoms with Crippen LogP contribution in [0.3, 0.4) is 0 Å². The third kappa shape index (κ3) is 3.79. The summed E-state index contributed by atoms with van der Waals surface area (Å²) in [5.74, 6) is -0.0341. The maximum absolute atomic E-state index is 11.9. The maximum atomic E-state index is 11.9. The quantitative estimate of drug-likeness (QED) is 0.671. The molecule has 102 valence electrons. The Labute approximate surface area is 113 Å². The van der Waals surface area contributed by atoms with Gasteiger partial charge >= 0.3 is 0 Å². The van der Waals surface area contributed by atoms with Gasteiger partial charge in [0.2, 0.25) is 0 Å². The minimum atomic E-state index is -0.0482. The third-order valence-corrected chi connectivity index (χ3v) is 3.41. The first-order valence-corrected chi connectivity index (χ1v) is 6.52. The summed E-state index contributed by atoms with van der Waals surface area (Å²) in [5.41, 5.74) is 3.17. The summed E-state index contributed by atoms with van der Waals surface area (Å²) in [6.07, 6.45) is 0. The molecule has 1 heterocycles. The molecule has 0 spiro atoms. The SMILES string of the molecule is Cc1ccc(NC(=O)C[NH+]2CCNC(=O)C2)cc1C. The van der Waals surface area contributed by atoms with Gasteiger partial charge in [-0.2, -0.15) is 0 Å². The molecule has 1 aromatic rings. The highest BCUT2D eigenvalue weighted by molar-refractivity contribution is 5.91. The van der Waals surface area contributed by atoms with Crippen LogP contribution in [0, 0.1) is 13.8 Å². The van der Waals surface area contributed by atoms with Gasteiger partial charge in [-0.05, 0) is 37.1 Å². The molecular formula is C14H20N3O2+. The number of nitrogens with one attached hydrogen (secondary N) is 3. The van der Waals surface area contributed by atoms with Crippen LogP contribution in [-0.2, 0) is 9.59 Å². The van der Waals surface area contributed by atoms with Crippen LogP contribution in [0.1, 0.15) is 11.1 Å². The van der Waals surface area contributed by atoms with Crippen LogP contribution in [0.4, 0.5) is 5.69 Å². The molecule has 5 nitrogen and oxygen atoms in total. The lowest BCUT2D eigenvalue weighted by Crippen LogP contribution is -3.16. The minimum absolute atomic E-state index is 0.0141. The second kappa shape index (κ2) is 5.84. The zero-order valence-electron chi connectivity index (χ0n) is 11.4. The van der Waals surface area contributed by atoms with E-state index in [0.29, 0.717) is 19.6 Å². The molecule has 0 radical (unpaired) electrons. The molecule has 1 aliphatic rings. The summed E-state index contributed by atoms with van der Waals surface area (Å²) in [4.78, 5) is 24.2. The van der Waals surface area contributed by atoms with Crippen molar-refractivity contribution in [1.82, 2.24) is 5.32 Å². The van der Waals surface area contributed by atoms with Crippen molar-refractivity contribution in [3.05, 3.63) is 29.3 Å². The number of piperazine rings is 1. The van der Waals surface area contributed by atoms with Crippen molar-refractivity contribution in [2.75, 3.05) is 31.5 Å². The van der Waals surface area contributed by atoms with Crippen molar-refractivity contribution >= 4 is 17.5 Å². The van der Waals surface area contributed by atoms with Crippen molar-refractivity contribution in [1.29, 1.82) is 0 Å². The fraction of sp³-hybridized carbons (Fsp3) is 0.429. The monoisotopic (exact) mass is 262 g/mol. The summed E-state index contributed by atoms with van der Waals surface area (Å²) >= 11 is 0. The van der Waals surface area contributed by atoms with E-state index in [4.69, 9.17) is 0 Å². The number of anilines is 1. The normalized spacial score (nSPS) is 18.8. The molecule has 1 aliphatic heterocycles. The average Bonchev–Trinajstić information content (AvgIpc) is 2.34. The summed E-state index contributed by atoms with van der Waals surface area (Å²) < 4.78 is 0. The molecule has 2 amide bonds.